The first kappa shape index (κ1) is 23.4. The van der Waals surface area contributed by atoms with E-state index in [9.17, 15) is 9.59 Å². The molecular formula is C23H25Cl2N3O5. The highest BCUT2D eigenvalue weighted by molar-refractivity contribution is 6.35. The Labute approximate surface area is 202 Å². The van der Waals surface area contributed by atoms with E-state index in [4.69, 9.17) is 37.4 Å². The second-order valence-electron chi connectivity index (χ2n) is 8.97. The van der Waals surface area contributed by atoms with Crippen LogP contribution in [0.2, 0.25) is 10.0 Å². The molecule has 0 atom stereocenters. The molecule has 33 heavy (non-hydrogen) atoms. The van der Waals surface area contributed by atoms with E-state index in [-0.39, 0.29) is 25.4 Å². The number of anilines is 1. The Balaban J connectivity index is 1.65. The van der Waals surface area contributed by atoms with Crippen molar-refractivity contribution in [3.63, 3.8) is 0 Å². The van der Waals surface area contributed by atoms with Crippen LogP contribution in [0.25, 0.3) is 0 Å². The van der Waals surface area contributed by atoms with Gasteiger partial charge in [0.1, 0.15) is 17.0 Å². The fourth-order valence-electron chi connectivity index (χ4n) is 3.84. The zero-order chi connectivity index (χ0) is 24.0. The predicted molar refractivity (Wildman–Crippen MR) is 124 cm³/mol. The number of hydrogen-bond donors (Lipinski definition) is 0. The molecule has 1 aromatic heterocycles. The summed E-state index contributed by atoms with van der Waals surface area (Å²) in [6, 6.07) is 6.81. The van der Waals surface area contributed by atoms with Gasteiger partial charge in [-0.05, 0) is 52.0 Å². The van der Waals surface area contributed by atoms with E-state index in [1.165, 1.54) is 0 Å². The summed E-state index contributed by atoms with van der Waals surface area (Å²) in [6.07, 6.45) is 1.17. The average molecular weight is 494 g/mol. The van der Waals surface area contributed by atoms with Crippen molar-refractivity contribution in [2.24, 2.45) is 0 Å². The van der Waals surface area contributed by atoms with Gasteiger partial charge in [-0.1, -0.05) is 23.2 Å². The molecule has 8 nitrogen and oxygen atoms in total. The third-order valence-electron chi connectivity index (χ3n) is 5.27. The molecule has 10 heteroatoms. The lowest BCUT2D eigenvalue weighted by Crippen LogP contribution is -2.75. The van der Waals surface area contributed by atoms with Gasteiger partial charge in [0, 0.05) is 10.6 Å². The molecule has 176 valence electrons. The monoisotopic (exact) mass is 493 g/mol. The number of amides is 1. The molecule has 1 spiro atoms. The Morgan fingerprint density at radius 1 is 1.21 bits per heavy atom. The molecule has 0 N–H and O–H groups in total. The third-order valence-corrected chi connectivity index (χ3v) is 5.77. The van der Waals surface area contributed by atoms with E-state index in [0.717, 1.165) is 5.56 Å². The Morgan fingerprint density at radius 2 is 1.94 bits per heavy atom. The number of fused-ring (bicyclic) bond motifs is 1. The highest BCUT2D eigenvalue weighted by Crippen LogP contribution is 2.45. The molecule has 1 saturated heterocycles. The standard InChI is InChI=1S/C23H25Cl2N3O5/c1-5-31-20(29)18-7-6-16(10-26-18)28-11-14-8-15(24)9-17(25)19(14)32-23(28)12-27(13-23)21(30)33-22(2,3)4/h6-10H,5,11-13H2,1-4H3. The van der Waals surface area contributed by atoms with Gasteiger partial charge in [-0.2, -0.15) is 0 Å². The SMILES string of the molecule is CCOC(=O)c1ccc(N2Cc3cc(Cl)cc(Cl)c3OC23CN(C(=O)OC(C)(C)C)C3)cn1. The first-order valence-electron chi connectivity index (χ1n) is 10.6. The second kappa shape index (κ2) is 8.57. The molecule has 1 aromatic carbocycles. The Bertz CT molecular complexity index is 1080. The maximum atomic E-state index is 12.6. The van der Waals surface area contributed by atoms with Crippen LogP contribution in [-0.2, 0) is 16.0 Å². The fraction of sp³-hybridized carbons (Fsp3) is 0.435. The summed E-state index contributed by atoms with van der Waals surface area (Å²) in [5, 5.41) is 0.904. The van der Waals surface area contributed by atoms with Crippen LogP contribution in [-0.4, -0.2) is 53.0 Å². The van der Waals surface area contributed by atoms with Crippen LogP contribution in [0, 0.1) is 0 Å². The van der Waals surface area contributed by atoms with Crippen molar-refractivity contribution in [2.45, 2.75) is 45.6 Å². The summed E-state index contributed by atoms with van der Waals surface area (Å²) in [7, 11) is 0. The fourth-order valence-corrected chi connectivity index (χ4v) is 4.42. The molecule has 0 aliphatic carbocycles. The number of halogens is 2. The summed E-state index contributed by atoms with van der Waals surface area (Å²) in [4.78, 5) is 32.4. The lowest BCUT2D eigenvalue weighted by Gasteiger charge is -2.57. The Kier molecular flexibility index (Phi) is 6.09. The van der Waals surface area contributed by atoms with Gasteiger partial charge in [-0.25, -0.2) is 14.6 Å². The topological polar surface area (TPSA) is 81.2 Å². The molecule has 0 bridgehead atoms. The largest absolute Gasteiger partial charge is 0.462 e. The number of esters is 1. The first-order valence-corrected chi connectivity index (χ1v) is 11.3. The van der Waals surface area contributed by atoms with Crippen LogP contribution in [0.15, 0.2) is 30.5 Å². The van der Waals surface area contributed by atoms with Gasteiger partial charge in [0.25, 0.3) is 0 Å². The molecule has 0 radical (unpaired) electrons. The van der Waals surface area contributed by atoms with E-state index in [0.29, 0.717) is 28.0 Å². The van der Waals surface area contributed by atoms with Crippen molar-refractivity contribution in [2.75, 3.05) is 24.6 Å². The molecule has 1 fully saturated rings. The number of benzene rings is 1. The first-order chi connectivity index (χ1) is 15.5. The lowest BCUT2D eigenvalue weighted by molar-refractivity contribution is -0.0891. The van der Waals surface area contributed by atoms with Crippen LogP contribution >= 0.6 is 23.2 Å². The molecule has 2 aliphatic rings. The van der Waals surface area contributed by atoms with Crippen LogP contribution < -0.4 is 9.64 Å². The lowest BCUT2D eigenvalue weighted by atomic mass is 9.97. The summed E-state index contributed by atoms with van der Waals surface area (Å²) in [5.41, 5.74) is 0.265. The van der Waals surface area contributed by atoms with E-state index in [2.05, 4.69) is 4.98 Å². The van der Waals surface area contributed by atoms with Crippen molar-refractivity contribution in [1.29, 1.82) is 0 Å². The summed E-state index contributed by atoms with van der Waals surface area (Å²) in [6.45, 7) is 8.42. The zero-order valence-corrected chi connectivity index (χ0v) is 20.4. The molecule has 2 aromatic rings. The van der Waals surface area contributed by atoms with Crippen LogP contribution in [0.4, 0.5) is 10.5 Å². The smallest absolute Gasteiger partial charge is 0.410 e. The van der Waals surface area contributed by atoms with Crippen LogP contribution in [0.1, 0.15) is 43.7 Å². The summed E-state index contributed by atoms with van der Waals surface area (Å²) >= 11 is 12.6. The highest BCUT2D eigenvalue weighted by Gasteiger charge is 2.55. The molecule has 0 saturated carbocycles. The van der Waals surface area contributed by atoms with Crippen molar-refractivity contribution in [3.8, 4) is 5.75 Å². The van der Waals surface area contributed by atoms with Crippen LogP contribution in [0.5, 0.6) is 5.75 Å². The van der Waals surface area contributed by atoms with Gasteiger partial charge in [-0.3, -0.25) is 4.90 Å². The van der Waals surface area contributed by atoms with E-state index >= 15 is 0 Å². The number of likely N-dealkylation sites (tertiary alicyclic amines) is 1. The number of rotatable bonds is 3. The van der Waals surface area contributed by atoms with Crippen LogP contribution in [0.3, 0.4) is 0 Å². The minimum Gasteiger partial charge on any atom is -0.462 e. The Morgan fingerprint density at radius 3 is 2.55 bits per heavy atom. The maximum absolute atomic E-state index is 12.6. The number of carbonyl (C=O) groups is 2. The number of nitrogens with zero attached hydrogens (tertiary/aromatic N) is 3. The van der Waals surface area contributed by atoms with E-state index in [1.807, 2.05) is 25.7 Å². The van der Waals surface area contributed by atoms with Gasteiger partial charge in [0.05, 0.1) is 43.1 Å². The van der Waals surface area contributed by atoms with E-state index in [1.54, 1.807) is 42.3 Å². The normalized spacial score (nSPS) is 16.5. The van der Waals surface area contributed by atoms with Gasteiger partial charge >= 0.3 is 12.1 Å². The number of aromatic nitrogens is 1. The van der Waals surface area contributed by atoms with Crippen molar-refractivity contribution < 1.29 is 23.8 Å². The molecule has 4 rings (SSSR count). The summed E-state index contributed by atoms with van der Waals surface area (Å²) < 4.78 is 16.9. The number of carbonyl (C=O) groups excluding carboxylic acids is 2. The molecular weight excluding hydrogens is 469 g/mol. The number of hydrogen-bond acceptors (Lipinski definition) is 7. The van der Waals surface area contributed by atoms with Gasteiger partial charge < -0.3 is 19.1 Å². The highest BCUT2D eigenvalue weighted by atomic mass is 35.5. The molecule has 1 amide bonds. The van der Waals surface area contributed by atoms with E-state index < -0.39 is 23.4 Å². The maximum Gasteiger partial charge on any atom is 0.410 e. The minimum absolute atomic E-state index is 0.211. The number of pyridine rings is 1. The van der Waals surface area contributed by atoms with Crippen molar-refractivity contribution >= 4 is 41.0 Å². The quantitative estimate of drug-likeness (QED) is 0.561. The second-order valence-corrected chi connectivity index (χ2v) is 9.81. The summed E-state index contributed by atoms with van der Waals surface area (Å²) in [5.74, 6) is 0.0505. The van der Waals surface area contributed by atoms with Crippen molar-refractivity contribution in [3.05, 3.63) is 51.8 Å². The average Bonchev–Trinajstić information content (AvgIpc) is 2.70. The Hall–Kier alpha value is -2.71. The zero-order valence-electron chi connectivity index (χ0n) is 18.9. The van der Waals surface area contributed by atoms with Crippen molar-refractivity contribution in [1.82, 2.24) is 9.88 Å². The molecule has 3 heterocycles. The van der Waals surface area contributed by atoms with Gasteiger partial charge in [0.2, 0.25) is 5.72 Å². The molecule has 0 unspecified atom stereocenters. The predicted octanol–water partition coefficient (Wildman–Crippen LogP) is 4.91. The molecule has 2 aliphatic heterocycles. The van der Waals surface area contributed by atoms with Gasteiger partial charge in [-0.15, -0.1) is 0 Å². The third kappa shape index (κ3) is 4.68. The van der Waals surface area contributed by atoms with Gasteiger partial charge in [0.15, 0.2) is 0 Å². The minimum atomic E-state index is -0.867. The number of ether oxygens (including phenoxy) is 3.